The first-order chi connectivity index (χ1) is 9.13. The average Bonchev–Trinajstić information content (AvgIpc) is 2.37. The number of carboxylic acids is 1. The third kappa shape index (κ3) is 6.59. The molecule has 2 N–H and O–H groups in total. The van der Waals surface area contributed by atoms with Crippen LogP contribution in [-0.2, 0) is 11.3 Å². The molecular formula is C14H20BrNO3. The second kappa shape index (κ2) is 8.93. The molecule has 0 saturated carbocycles. The Kier molecular flexibility index (Phi) is 7.52. The van der Waals surface area contributed by atoms with Crippen molar-refractivity contribution in [1.29, 1.82) is 0 Å². The smallest absolute Gasteiger partial charge is 0.303 e. The molecule has 1 aromatic rings. The largest absolute Gasteiger partial charge is 0.493 e. The zero-order valence-corrected chi connectivity index (χ0v) is 12.7. The van der Waals surface area contributed by atoms with Crippen molar-refractivity contribution in [2.75, 3.05) is 13.2 Å². The minimum absolute atomic E-state index is 0.199. The highest BCUT2D eigenvalue weighted by atomic mass is 79.9. The second-order valence-corrected chi connectivity index (χ2v) is 5.19. The summed E-state index contributed by atoms with van der Waals surface area (Å²) in [5.74, 6) is 0.131. The third-order valence-electron chi connectivity index (χ3n) is 2.54. The van der Waals surface area contributed by atoms with Crippen LogP contribution in [0.1, 0.15) is 31.7 Å². The lowest BCUT2D eigenvalue weighted by Gasteiger charge is -2.12. The van der Waals surface area contributed by atoms with Crippen LogP contribution in [0.15, 0.2) is 22.7 Å². The summed E-state index contributed by atoms with van der Waals surface area (Å²) in [6.07, 6.45) is 1.81. The number of aliphatic carboxylic acids is 1. The number of carboxylic acid groups (broad SMARTS) is 1. The van der Waals surface area contributed by atoms with Crippen molar-refractivity contribution in [3.63, 3.8) is 0 Å². The topological polar surface area (TPSA) is 58.6 Å². The maximum Gasteiger partial charge on any atom is 0.303 e. The monoisotopic (exact) mass is 329 g/mol. The number of halogens is 1. The van der Waals surface area contributed by atoms with Gasteiger partial charge in [-0.05, 0) is 37.6 Å². The van der Waals surface area contributed by atoms with Crippen molar-refractivity contribution in [2.45, 2.75) is 32.7 Å². The molecule has 1 rings (SSSR count). The summed E-state index contributed by atoms with van der Waals surface area (Å²) in [5.41, 5.74) is 1.08. The van der Waals surface area contributed by atoms with Crippen molar-refractivity contribution < 1.29 is 14.6 Å². The maximum atomic E-state index is 10.4. The highest BCUT2D eigenvalue weighted by Gasteiger charge is 2.04. The molecule has 0 radical (unpaired) electrons. The van der Waals surface area contributed by atoms with E-state index in [1.54, 1.807) is 0 Å². The highest BCUT2D eigenvalue weighted by Crippen LogP contribution is 2.23. The minimum Gasteiger partial charge on any atom is -0.493 e. The Morgan fingerprint density at radius 3 is 2.95 bits per heavy atom. The number of ether oxygens (including phenoxy) is 1. The van der Waals surface area contributed by atoms with E-state index >= 15 is 0 Å². The zero-order valence-electron chi connectivity index (χ0n) is 11.1. The molecule has 0 unspecified atom stereocenters. The summed E-state index contributed by atoms with van der Waals surface area (Å²) in [4.78, 5) is 10.4. The Balaban J connectivity index is 2.46. The Labute approximate surface area is 122 Å². The van der Waals surface area contributed by atoms with Gasteiger partial charge in [-0.25, -0.2) is 0 Å². The molecule has 0 heterocycles. The van der Waals surface area contributed by atoms with Gasteiger partial charge in [-0.1, -0.05) is 22.9 Å². The number of benzene rings is 1. The number of nitrogens with one attached hydrogen (secondary N) is 1. The fourth-order valence-corrected chi connectivity index (χ4v) is 2.04. The summed E-state index contributed by atoms with van der Waals surface area (Å²) in [7, 11) is 0. The van der Waals surface area contributed by atoms with E-state index in [1.807, 2.05) is 18.2 Å². The fourth-order valence-electron chi connectivity index (χ4n) is 1.63. The van der Waals surface area contributed by atoms with Gasteiger partial charge in [0.15, 0.2) is 0 Å². The molecule has 0 aliphatic rings. The van der Waals surface area contributed by atoms with E-state index in [-0.39, 0.29) is 6.42 Å². The molecular weight excluding hydrogens is 310 g/mol. The molecule has 0 bridgehead atoms. The first kappa shape index (κ1) is 16.0. The molecule has 0 atom stereocenters. The van der Waals surface area contributed by atoms with Crippen molar-refractivity contribution in [2.24, 2.45) is 0 Å². The van der Waals surface area contributed by atoms with Crippen molar-refractivity contribution >= 4 is 21.9 Å². The van der Waals surface area contributed by atoms with E-state index in [1.165, 1.54) is 0 Å². The van der Waals surface area contributed by atoms with Gasteiger partial charge >= 0.3 is 5.97 Å². The summed E-state index contributed by atoms with van der Waals surface area (Å²) in [6, 6.07) is 5.93. The first-order valence-electron chi connectivity index (χ1n) is 6.47. The summed E-state index contributed by atoms with van der Waals surface area (Å²) in [5, 5.41) is 11.8. The van der Waals surface area contributed by atoms with Crippen LogP contribution in [0.4, 0.5) is 0 Å². The number of hydrogen-bond acceptors (Lipinski definition) is 3. The molecule has 1 aromatic carbocycles. The summed E-state index contributed by atoms with van der Waals surface area (Å²) in [6.45, 7) is 4.14. The van der Waals surface area contributed by atoms with Crippen LogP contribution in [0.2, 0.25) is 0 Å². The first-order valence-corrected chi connectivity index (χ1v) is 7.26. The lowest BCUT2D eigenvalue weighted by Crippen LogP contribution is -2.16. The van der Waals surface area contributed by atoms with Crippen LogP contribution in [0, 0.1) is 0 Å². The van der Waals surface area contributed by atoms with Crippen molar-refractivity contribution in [1.82, 2.24) is 5.32 Å². The van der Waals surface area contributed by atoms with Crippen LogP contribution in [0.3, 0.4) is 0 Å². The fraction of sp³-hybridized carbons (Fsp3) is 0.500. The van der Waals surface area contributed by atoms with E-state index < -0.39 is 5.97 Å². The van der Waals surface area contributed by atoms with Gasteiger partial charge in [0.2, 0.25) is 0 Å². The van der Waals surface area contributed by atoms with E-state index in [4.69, 9.17) is 9.84 Å². The van der Waals surface area contributed by atoms with Gasteiger partial charge in [0.05, 0.1) is 6.61 Å². The average molecular weight is 330 g/mol. The maximum absolute atomic E-state index is 10.4. The Hall–Kier alpha value is -1.07. The molecule has 0 amide bonds. The quantitative estimate of drug-likeness (QED) is 0.683. The molecule has 0 aliphatic carbocycles. The van der Waals surface area contributed by atoms with Gasteiger partial charge in [-0.2, -0.15) is 0 Å². The van der Waals surface area contributed by atoms with Gasteiger partial charge in [0.25, 0.3) is 0 Å². The summed E-state index contributed by atoms with van der Waals surface area (Å²) < 4.78 is 6.69. The van der Waals surface area contributed by atoms with E-state index in [9.17, 15) is 4.79 Å². The van der Waals surface area contributed by atoms with Gasteiger partial charge in [0.1, 0.15) is 5.75 Å². The van der Waals surface area contributed by atoms with Gasteiger partial charge < -0.3 is 15.2 Å². The lowest BCUT2D eigenvalue weighted by molar-refractivity contribution is -0.137. The molecule has 0 aliphatic heterocycles. The Morgan fingerprint density at radius 1 is 1.47 bits per heavy atom. The molecule has 106 valence electrons. The normalized spacial score (nSPS) is 10.4. The Morgan fingerprint density at radius 2 is 2.26 bits per heavy atom. The molecule has 0 aromatic heterocycles. The molecule has 0 saturated heterocycles. The minimum atomic E-state index is -0.753. The van der Waals surface area contributed by atoms with E-state index in [0.717, 1.165) is 22.2 Å². The molecule has 19 heavy (non-hydrogen) atoms. The zero-order chi connectivity index (χ0) is 14.1. The molecule has 0 spiro atoms. The van der Waals surface area contributed by atoms with Crippen LogP contribution in [-0.4, -0.2) is 24.2 Å². The van der Waals surface area contributed by atoms with Gasteiger partial charge in [0, 0.05) is 23.0 Å². The number of rotatable bonds is 9. The lowest BCUT2D eigenvalue weighted by atomic mass is 10.2. The predicted molar refractivity (Wildman–Crippen MR) is 78.5 cm³/mol. The molecule has 0 fully saturated rings. The van der Waals surface area contributed by atoms with Crippen LogP contribution < -0.4 is 10.1 Å². The van der Waals surface area contributed by atoms with Crippen LogP contribution >= 0.6 is 15.9 Å². The van der Waals surface area contributed by atoms with Gasteiger partial charge in [-0.3, -0.25) is 4.79 Å². The van der Waals surface area contributed by atoms with E-state index in [0.29, 0.717) is 26.1 Å². The van der Waals surface area contributed by atoms with Crippen molar-refractivity contribution in [3.8, 4) is 5.75 Å². The third-order valence-corrected chi connectivity index (χ3v) is 3.04. The predicted octanol–water partition coefficient (Wildman–Crippen LogP) is 3.19. The number of carbonyl (C=O) groups is 1. The molecule has 4 nitrogen and oxygen atoms in total. The van der Waals surface area contributed by atoms with Crippen LogP contribution in [0.25, 0.3) is 0 Å². The number of hydrogen-bond donors (Lipinski definition) is 2. The summed E-state index contributed by atoms with van der Waals surface area (Å²) >= 11 is 3.45. The van der Waals surface area contributed by atoms with Crippen LogP contribution in [0.5, 0.6) is 5.75 Å². The standard InChI is InChI=1S/C14H20BrNO3/c1-2-8-19-13-6-5-12(15)9-11(13)10-16-7-3-4-14(17)18/h5-6,9,16H,2-4,7-8,10H2,1H3,(H,17,18). The Bertz CT molecular complexity index is 410. The highest BCUT2D eigenvalue weighted by molar-refractivity contribution is 9.10. The second-order valence-electron chi connectivity index (χ2n) is 4.27. The van der Waals surface area contributed by atoms with E-state index in [2.05, 4.69) is 28.2 Å². The molecule has 5 heteroatoms. The SMILES string of the molecule is CCCOc1ccc(Br)cc1CNCCCC(=O)O. The van der Waals surface area contributed by atoms with Gasteiger partial charge in [-0.15, -0.1) is 0 Å². The van der Waals surface area contributed by atoms with Crippen molar-refractivity contribution in [3.05, 3.63) is 28.2 Å².